The summed E-state index contributed by atoms with van der Waals surface area (Å²) in [5.74, 6) is -0.129. The van der Waals surface area contributed by atoms with Crippen molar-refractivity contribution in [2.45, 2.75) is 6.61 Å². The fourth-order valence-corrected chi connectivity index (χ4v) is 2.32. The van der Waals surface area contributed by atoms with E-state index in [0.29, 0.717) is 17.6 Å². The van der Waals surface area contributed by atoms with Crippen molar-refractivity contribution in [3.63, 3.8) is 0 Å². The third-order valence-electron chi connectivity index (χ3n) is 3.33. The normalized spacial score (nSPS) is 13.8. The zero-order valence-corrected chi connectivity index (χ0v) is 10.8. The maximum absolute atomic E-state index is 12.3. The zero-order valence-electron chi connectivity index (χ0n) is 10.8. The number of fused-ring (bicyclic) bond motifs is 1. The molecule has 1 N–H and O–H groups in total. The first-order chi connectivity index (χ1) is 9.75. The van der Waals surface area contributed by atoms with Crippen molar-refractivity contribution in [1.82, 2.24) is 0 Å². The van der Waals surface area contributed by atoms with E-state index in [1.807, 2.05) is 42.5 Å². The van der Waals surface area contributed by atoms with Crippen LogP contribution in [0.3, 0.4) is 0 Å². The molecule has 0 saturated carbocycles. The SMILES string of the molecule is O=C(/C=C/c1ccccc1)c1cccc2c1B(O)OC2. The molecular formula is C16H13BO3. The van der Waals surface area contributed by atoms with Crippen LogP contribution in [0.5, 0.6) is 0 Å². The van der Waals surface area contributed by atoms with Crippen LogP contribution in [0, 0.1) is 0 Å². The van der Waals surface area contributed by atoms with Gasteiger partial charge in [-0.25, -0.2) is 0 Å². The van der Waals surface area contributed by atoms with Gasteiger partial charge in [0.15, 0.2) is 5.78 Å². The van der Waals surface area contributed by atoms with E-state index in [9.17, 15) is 9.82 Å². The van der Waals surface area contributed by atoms with Crippen LogP contribution < -0.4 is 5.46 Å². The summed E-state index contributed by atoms with van der Waals surface area (Å²) >= 11 is 0. The summed E-state index contributed by atoms with van der Waals surface area (Å²) in [6.07, 6.45) is 3.29. The number of carbonyl (C=O) groups is 1. The molecule has 0 radical (unpaired) electrons. The smallest absolute Gasteiger partial charge is 0.423 e. The second kappa shape index (κ2) is 5.45. The zero-order chi connectivity index (χ0) is 13.9. The Hall–Kier alpha value is -2.17. The van der Waals surface area contributed by atoms with E-state index >= 15 is 0 Å². The molecule has 3 rings (SSSR count). The fraction of sp³-hybridized carbons (Fsp3) is 0.0625. The lowest BCUT2D eigenvalue weighted by atomic mass is 9.75. The van der Waals surface area contributed by atoms with Gasteiger partial charge in [0, 0.05) is 5.56 Å². The molecule has 1 aliphatic rings. The Balaban J connectivity index is 1.89. The van der Waals surface area contributed by atoms with Crippen LogP contribution in [0.2, 0.25) is 0 Å². The van der Waals surface area contributed by atoms with Gasteiger partial charge in [-0.15, -0.1) is 0 Å². The van der Waals surface area contributed by atoms with Gasteiger partial charge in [0.2, 0.25) is 0 Å². The molecule has 1 heterocycles. The fourth-order valence-electron chi connectivity index (χ4n) is 2.32. The number of allylic oxidation sites excluding steroid dienone is 1. The van der Waals surface area contributed by atoms with Crippen LogP contribution in [0.4, 0.5) is 0 Å². The molecule has 0 atom stereocenters. The van der Waals surface area contributed by atoms with Crippen molar-refractivity contribution in [3.8, 4) is 0 Å². The molecule has 0 spiro atoms. The Morgan fingerprint density at radius 2 is 1.95 bits per heavy atom. The van der Waals surface area contributed by atoms with Crippen LogP contribution in [0.15, 0.2) is 54.6 Å². The summed E-state index contributed by atoms with van der Waals surface area (Å²) in [4.78, 5) is 12.3. The van der Waals surface area contributed by atoms with Crippen molar-refractivity contribution >= 4 is 24.4 Å². The lowest BCUT2D eigenvalue weighted by Gasteiger charge is -2.04. The molecule has 20 heavy (non-hydrogen) atoms. The molecule has 98 valence electrons. The lowest BCUT2D eigenvalue weighted by Crippen LogP contribution is -2.32. The van der Waals surface area contributed by atoms with Crippen LogP contribution in [-0.4, -0.2) is 17.9 Å². The Kier molecular flexibility index (Phi) is 3.50. The Morgan fingerprint density at radius 1 is 1.15 bits per heavy atom. The van der Waals surface area contributed by atoms with Gasteiger partial charge in [0.25, 0.3) is 0 Å². The van der Waals surface area contributed by atoms with Crippen molar-refractivity contribution in [1.29, 1.82) is 0 Å². The predicted octanol–water partition coefficient (Wildman–Crippen LogP) is 1.80. The Labute approximate surface area is 117 Å². The van der Waals surface area contributed by atoms with Crippen LogP contribution in [-0.2, 0) is 11.3 Å². The molecule has 0 aromatic heterocycles. The van der Waals surface area contributed by atoms with E-state index in [2.05, 4.69) is 0 Å². The van der Waals surface area contributed by atoms with Gasteiger partial charge in [-0.2, -0.15) is 0 Å². The van der Waals surface area contributed by atoms with Gasteiger partial charge in [-0.1, -0.05) is 54.6 Å². The highest BCUT2D eigenvalue weighted by molar-refractivity contribution is 6.63. The quantitative estimate of drug-likeness (QED) is 0.522. The van der Waals surface area contributed by atoms with Gasteiger partial charge < -0.3 is 9.68 Å². The number of hydrogen-bond acceptors (Lipinski definition) is 3. The highest BCUT2D eigenvalue weighted by Crippen LogP contribution is 2.14. The van der Waals surface area contributed by atoms with Gasteiger partial charge in [0.1, 0.15) is 0 Å². The molecule has 3 nitrogen and oxygen atoms in total. The first-order valence-corrected chi connectivity index (χ1v) is 6.44. The topological polar surface area (TPSA) is 46.5 Å². The average Bonchev–Trinajstić information content (AvgIpc) is 2.87. The van der Waals surface area contributed by atoms with Gasteiger partial charge >= 0.3 is 7.12 Å². The highest BCUT2D eigenvalue weighted by Gasteiger charge is 2.31. The number of carbonyl (C=O) groups excluding carboxylic acids is 1. The summed E-state index contributed by atoms with van der Waals surface area (Å²) in [5.41, 5.74) is 2.93. The minimum Gasteiger partial charge on any atom is -0.423 e. The minimum absolute atomic E-state index is 0.129. The molecule has 2 aromatic rings. The molecular weight excluding hydrogens is 251 g/mol. The van der Waals surface area contributed by atoms with Gasteiger partial charge in [-0.05, 0) is 22.7 Å². The highest BCUT2D eigenvalue weighted by atomic mass is 16.5. The first kappa shape index (κ1) is 12.8. The molecule has 0 aliphatic carbocycles. The molecule has 0 amide bonds. The summed E-state index contributed by atoms with van der Waals surface area (Å²) in [6.45, 7) is 0.347. The second-order valence-corrected chi connectivity index (χ2v) is 4.65. The van der Waals surface area contributed by atoms with Crippen LogP contribution in [0.1, 0.15) is 21.5 Å². The molecule has 0 fully saturated rings. The Morgan fingerprint density at radius 3 is 2.75 bits per heavy atom. The van der Waals surface area contributed by atoms with Gasteiger partial charge in [-0.3, -0.25) is 4.79 Å². The predicted molar refractivity (Wildman–Crippen MR) is 78.6 cm³/mol. The first-order valence-electron chi connectivity index (χ1n) is 6.44. The third kappa shape index (κ3) is 2.43. The maximum Gasteiger partial charge on any atom is 0.492 e. The van der Waals surface area contributed by atoms with Crippen LogP contribution in [0.25, 0.3) is 6.08 Å². The van der Waals surface area contributed by atoms with Crippen molar-refractivity contribution in [2.75, 3.05) is 0 Å². The summed E-state index contributed by atoms with van der Waals surface area (Å²) in [6, 6.07) is 15.0. The summed E-state index contributed by atoms with van der Waals surface area (Å²) < 4.78 is 5.16. The third-order valence-corrected chi connectivity index (χ3v) is 3.33. The van der Waals surface area contributed by atoms with E-state index in [4.69, 9.17) is 4.65 Å². The molecule has 1 aliphatic heterocycles. The van der Waals surface area contributed by atoms with Crippen molar-refractivity contribution in [2.24, 2.45) is 0 Å². The maximum atomic E-state index is 12.3. The second-order valence-electron chi connectivity index (χ2n) is 4.65. The molecule has 0 saturated heterocycles. The molecule has 4 heteroatoms. The van der Waals surface area contributed by atoms with Gasteiger partial charge in [0.05, 0.1) is 6.61 Å². The van der Waals surface area contributed by atoms with Crippen molar-refractivity contribution in [3.05, 3.63) is 71.3 Å². The number of benzene rings is 2. The molecule has 0 unspecified atom stereocenters. The number of rotatable bonds is 3. The largest absolute Gasteiger partial charge is 0.492 e. The van der Waals surface area contributed by atoms with E-state index in [1.165, 1.54) is 6.08 Å². The standard InChI is InChI=1S/C16H13BO3/c18-15(10-9-12-5-2-1-3-6-12)14-8-4-7-13-11-20-17(19)16(13)14/h1-10,19H,11H2/b10-9+. The van der Waals surface area contributed by atoms with E-state index in [0.717, 1.165) is 11.1 Å². The lowest BCUT2D eigenvalue weighted by molar-refractivity contribution is 0.104. The molecule has 2 aromatic carbocycles. The van der Waals surface area contributed by atoms with Crippen molar-refractivity contribution < 1.29 is 14.5 Å². The molecule has 0 bridgehead atoms. The number of ketones is 1. The average molecular weight is 264 g/mol. The van der Waals surface area contributed by atoms with E-state index in [1.54, 1.807) is 12.1 Å². The van der Waals surface area contributed by atoms with Crippen LogP contribution >= 0.6 is 0 Å². The minimum atomic E-state index is -1.00. The number of hydrogen-bond donors (Lipinski definition) is 1. The summed E-state index contributed by atoms with van der Waals surface area (Å²) in [5, 5.41) is 9.80. The monoisotopic (exact) mass is 264 g/mol. The summed E-state index contributed by atoms with van der Waals surface area (Å²) in [7, 11) is -1.00. The Bertz CT molecular complexity index is 665. The van der Waals surface area contributed by atoms with E-state index in [-0.39, 0.29) is 5.78 Å². The van der Waals surface area contributed by atoms with E-state index < -0.39 is 7.12 Å².